The summed E-state index contributed by atoms with van der Waals surface area (Å²) < 4.78 is 6.16. The molecule has 24 heavy (non-hydrogen) atoms. The number of carbonyl (C=O) groups excluding carboxylic acids is 1. The highest BCUT2D eigenvalue weighted by Crippen LogP contribution is 2.27. The topological polar surface area (TPSA) is 42.4 Å². The number of thiophene rings is 1. The van der Waals surface area contributed by atoms with E-state index < -0.39 is 0 Å². The third kappa shape index (κ3) is 2.87. The van der Waals surface area contributed by atoms with Crippen LogP contribution < -0.4 is 4.74 Å². The van der Waals surface area contributed by atoms with Crippen LogP contribution in [0.15, 0.2) is 48.7 Å². The van der Waals surface area contributed by atoms with Crippen LogP contribution >= 0.6 is 11.3 Å². The average Bonchev–Trinajstić information content (AvgIpc) is 3.24. The second kappa shape index (κ2) is 6.24. The molecule has 0 unspecified atom stereocenters. The minimum atomic E-state index is 0.0163. The predicted octanol–water partition coefficient (Wildman–Crippen LogP) is 3.90. The summed E-state index contributed by atoms with van der Waals surface area (Å²) in [6, 6.07) is 13.8. The first-order valence-electron chi connectivity index (χ1n) is 8.07. The zero-order chi connectivity index (χ0) is 16.5. The van der Waals surface area contributed by atoms with Gasteiger partial charge in [0, 0.05) is 29.4 Å². The Labute approximate surface area is 144 Å². The largest absolute Gasteiger partial charge is 0.486 e. The summed E-state index contributed by atoms with van der Waals surface area (Å²) in [6.45, 7) is 3.38. The Morgan fingerprint density at radius 3 is 2.96 bits per heavy atom. The first-order chi connectivity index (χ1) is 11.7. The van der Waals surface area contributed by atoms with Crippen molar-refractivity contribution in [2.75, 3.05) is 13.1 Å². The van der Waals surface area contributed by atoms with Crippen molar-refractivity contribution in [2.24, 2.45) is 0 Å². The molecule has 0 spiro atoms. The molecule has 4 nitrogen and oxygen atoms in total. The molecule has 1 fully saturated rings. The fourth-order valence-electron chi connectivity index (χ4n) is 3.07. The van der Waals surface area contributed by atoms with Crippen molar-refractivity contribution >= 4 is 28.1 Å². The molecular formula is C19H18N2O2S. The van der Waals surface area contributed by atoms with Gasteiger partial charge in [0.25, 0.3) is 5.91 Å². The van der Waals surface area contributed by atoms with Gasteiger partial charge in [-0.25, -0.2) is 0 Å². The fraction of sp³-hybridized carbons (Fsp3) is 0.263. The molecule has 1 saturated heterocycles. The van der Waals surface area contributed by atoms with E-state index in [1.54, 1.807) is 17.5 Å². The number of pyridine rings is 1. The lowest BCUT2D eigenvalue weighted by molar-refractivity contribution is 0.0777. The zero-order valence-corrected chi connectivity index (χ0v) is 14.3. The van der Waals surface area contributed by atoms with Gasteiger partial charge in [0.1, 0.15) is 17.4 Å². The van der Waals surface area contributed by atoms with Crippen molar-refractivity contribution < 1.29 is 9.53 Å². The number of para-hydroxylation sites is 1. The molecule has 3 heterocycles. The van der Waals surface area contributed by atoms with Crippen LogP contribution in [0, 0.1) is 6.92 Å². The quantitative estimate of drug-likeness (QED) is 0.727. The molecule has 1 aliphatic heterocycles. The Hall–Kier alpha value is -2.40. The van der Waals surface area contributed by atoms with E-state index in [4.69, 9.17) is 4.74 Å². The van der Waals surface area contributed by atoms with Gasteiger partial charge >= 0.3 is 0 Å². The second-order valence-corrected chi connectivity index (χ2v) is 7.31. The van der Waals surface area contributed by atoms with E-state index in [0.717, 1.165) is 39.4 Å². The molecule has 122 valence electrons. The number of amides is 1. The molecule has 2 aromatic heterocycles. The lowest BCUT2D eigenvalue weighted by Crippen LogP contribution is -2.30. The number of aryl methyl sites for hydroxylation is 1. The number of carbonyl (C=O) groups is 1. The van der Waals surface area contributed by atoms with Gasteiger partial charge in [-0.1, -0.05) is 18.2 Å². The van der Waals surface area contributed by atoms with Gasteiger partial charge < -0.3 is 9.64 Å². The lowest BCUT2D eigenvalue weighted by atomic mass is 10.2. The summed E-state index contributed by atoms with van der Waals surface area (Å²) in [4.78, 5) is 20.8. The van der Waals surface area contributed by atoms with Crippen LogP contribution in [0.3, 0.4) is 0 Å². The Balaban J connectivity index is 1.48. The van der Waals surface area contributed by atoms with Gasteiger partial charge in [0.15, 0.2) is 0 Å². The highest BCUT2D eigenvalue weighted by atomic mass is 32.1. The highest BCUT2D eigenvalue weighted by Gasteiger charge is 2.29. The molecule has 0 aliphatic carbocycles. The maximum absolute atomic E-state index is 12.5. The van der Waals surface area contributed by atoms with Crippen molar-refractivity contribution in [2.45, 2.75) is 19.4 Å². The highest BCUT2D eigenvalue weighted by molar-refractivity contribution is 7.13. The van der Waals surface area contributed by atoms with Crippen molar-refractivity contribution in [3.8, 4) is 5.75 Å². The maximum Gasteiger partial charge on any atom is 0.264 e. The van der Waals surface area contributed by atoms with Crippen molar-refractivity contribution in [1.29, 1.82) is 0 Å². The number of hydrogen-bond donors (Lipinski definition) is 0. The van der Waals surface area contributed by atoms with Crippen LogP contribution in [0.25, 0.3) is 10.9 Å². The summed E-state index contributed by atoms with van der Waals surface area (Å²) in [5, 5.41) is 1.06. The third-order valence-corrected chi connectivity index (χ3v) is 5.26. The molecule has 1 atom stereocenters. The van der Waals surface area contributed by atoms with Gasteiger partial charge in [0.2, 0.25) is 0 Å². The van der Waals surface area contributed by atoms with E-state index >= 15 is 0 Å². The van der Waals surface area contributed by atoms with E-state index in [-0.39, 0.29) is 12.0 Å². The smallest absolute Gasteiger partial charge is 0.264 e. The number of benzene rings is 1. The van der Waals surface area contributed by atoms with E-state index in [0.29, 0.717) is 6.54 Å². The van der Waals surface area contributed by atoms with E-state index in [1.807, 2.05) is 54.3 Å². The molecule has 0 saturated carbocycles. The van der Waals surface area contributed by atoms with Crippen LogP contribution in [0.4, 0.5) is 0 Å². The number of hydrogen-bond acceptors (Lipinski definition) is 4. The zero-order valence-electron chi connectivity index (χ0n) is 13.4. The number of rotatable bonds is 3. The third-order valence-electron chi connectivity index (χ3n) is 4.27. The molecule has 0 N–H and O–H groups in total. The molecule has 5 heteroatoms. The van der Waals surface area contributed by atoms with Crippen molar-refractivity contribution in [3.05, 3.63) is 58.4 Å². The molecule has 0 radical (unpaired) electrons. The minimum Gasteiger partial charge on any atom is -0.486 e. The van der Waals surface area contributed by atoms with Gasteiger partial charge in [-0.2, -0.15) is 0 Å². The first kappa shape index (κ1) is 15.1. The monoisotopic (exact) mass is 338 g/mol. The lowest BCUT2D eigenvalue weighted by Gasteiger charge is -2.17. The first-order valence-corrected chi connectivity index (χ1v) is 8.88. The second-order valence-electron chi connectivity index (χ2n) is 6.02. The Morgan fingerprint density at radius 2 is 2.12 bits per heavy atom. The summed E-state index contributed by atoms with van der Waals surface area (Å²) in [6.07, 6.45) is 2.64. The van der Waals surface area contributed by atoms with Gasteiger partial charge in [-0.15, -0.1) is 11.3 Å². The number of fused-ring (bicyclic) bond motifs is 1. The Bertz CT molecular complexity index is 884. The van der Waals surface area contributed by atoms with Crippen LogP contribution in [0.5, 0.6) is 5.75 Å². The average molecular weight is 338 g/mol. The van der Waals surface area contributed by atoms with E-state index in [2.05, 4.69) is 4.98 Å². The van der Waals surface area contributed by atoms with E-state index in [9.17, 15) is 4.79 Å². The number of ether oxygens (including phenoxy) is 1. The molecule has 3 aromatic rings. The van der Waals surface area contributed by atoms with Gasteiger partial charge in [0.05, 0.1) is 11.4 Å². The van der Waals surface area contributed by atoms with Gasteiger partial charge in [-0.05, 0) is 31.2 Å². The summed E-state index contributed by atoms with van der Waals surface area (Å²) in [5.74, 6) is 0.898. The Kier molecular flexibility index (Phi) is 3.94. The van der Waals surface area contributed by atoms with Crippen molar-refractivity contribution in [3.63, 3.8) is 0 Å². The number of nitrogens with zero attached hydrogens (tertiary/aromatic N) is 2. The molecule has 1 aromatic carbocycles. The van der Waals surface area contributed by atoms with Crippen LogP contribution in [-0.4, -0.2) is 35.0 Å². The summed E-state index contributed by atoms with van der Waals surface area (Å²) in [7, 11) is 0. The summed E-state index contributed by atoms with van der Waals surface area (Å²) >= 11 is 1.55. The molecule has 0 bridgehead atoms. The molecule has 1 amide bonds. The molecular weight excluding hydrogens is 320 g/mol. The number of likely N-dealkylation sites (tertiary alicyclic amines) is 1. The van der Waals surface area contributed by atoms with Gasteiger partial charge in [-0.3, -0.25) is 9.78 Å². The van der Waals surface area contributed by atoms with E-state index in [1.165, 1.54) is 0 Å². The van der Waals surface area contributed by atoms with Crippen LogP contribution in [0.1, 0.15) is 21.0 Å². The van der Waals surface area contributed by atoms with Crippen LogP contribution in [-0.2, 0) is 0 Å². The molecule has 4 rings (SSSR count). The molecule has 1 aliphatic rings. The maximum atomic E-state index is 12.5. The normalized spacial score (nSPS) is 17.4. The predicted molar refractivity (Wildman–Crippen MR) is 95.7 cm³/mol. The fourth-order valence-corrected chi connectivity index (χ4v) is 3.90. The Morgan fingerprint density at radius 1 is 1.25 bits per heavy atom. The standard InChI is InChI=1S/C19H18N2O2S/c1-13-7-8-17(24-13)19(22)21-11-9-15(12-21)23-16-6-2-4-14-5-3-10-20-18(14)16/h2-8,10,15H,9,11-12H2,1H3/t15-/m1/s1. The summed E-state index contributed by atoms with van der Waals surface area (Å²) in [5.41, 5.74) is 0.874. The number of aromatic nitrogens is 1. The van der Waals surface area contributed by atoms with Crippen molar-refractivity contribution in [1.82, 2.24) is 9.88 Å². The van der Waals surface area contributed by atoms with Crippen LogP contribution in [0.2, 0.25) is 0 Å². The minimum absolute atomic E-state index is 0.0163. The SMILES string of the molecule is Cc1ccc(C(=O)N2CC[C@@H](Oc3cccc4cccnc34)C2)s1.